The SMILES string of the molecule is CC/C(C)=C\C(C)(C#N)CC=C(C)C. The first-order valence-corrected chi connectivity index (χ1v) is 5.16. The highest BCUT2D eigenvalue weighted by Gasteiger charge is 2.18. The minimum absolute atomic E-state index is 0.336. The first-order chi connectivity index (χ1) is 6.43. The average Bonchev–Trinajstić information content (AvgIpc) is 2.14. The van der Waals surface area contributed by atoms with Crippen LogP contribution in [0.5, 0.6) is 0 Å². The molecule has 0 aliphatic heterocycles. The van der Waals surface area contributed by atoms with E-state index in [1.54, 1.807) is 0 Å². The molecule has 0 aliphatic carbocycles. The molecule has 0 radical (unpaired) electrons. The van der Waals surface area contributed by atoms with Crippen LogP contribution in [-0.4, -0.2) is 0 Å². The minimum atomic E-state index is -0.336. The Balaban J connectivity index is 4.67. The number of allylic oxidation sites excluding steroid dienone is 4. The van der Waals surface area contributed by atoms with Crippen molar-refractivity contribution in [3.8, 4) is 6.07 Å². The van der Waals surface area contributed by atoms with Gasteiger partial charge in [-0.3, -0.25) is 0 Å². The molecule has 78 valence electrons. The molecule has 0 aromatic rings. The standard InChI is InChI=1S/C13H21N/c1-6-12(4)9-13(5,10-14)8-7-11(2)3/h7,9H,6,8H2,1-5H3/b12-9-. The molecule has 0 aromatic carbocycles. The second-order valence-corrected chi connectivity index (χ2v) is 4.36. The van der Waals surface area contributed by atoms with Gasteiger partial charge in [0.2, 0.25) is 0 Å². The quantitative estimate of drug-likeness (QED) is 0.610. The number of nitrogens with zero attached hydrogens (tertiary/aromatic N) is 1. The molecule has 0 aliphatic rings. The molecule has 0 bridgehead atoms. The maximum absolute atomic E-state index is 9.12. The zero-order valence-corrected chi connectivity index (χ0v) is 10.0. The molecule has 1 nitrogen and oxygen atoms in total. The maximum Gasteiger partial charge on any atom is 0.0762 e. The molecule has 1 atom stereocenters. The fourth-order valence-corrected chi connectivity index (χ4v) is 1.20. The molecule has 0 saturated carbocycles. The van der Waals surface area contributed by atoms with Crippen LogP contribution in [0.4, 0.5) is 0 Å². The summed E-state index contributed by atoms with van der Waals surface area (Å²) >= 11 is 0. The van der Waals surface area contributed by atoms with Gasteiger partial charge in [0.1, 0.15) is 0 Å². The predicted octanol–water partition coefficient (Wildman–Crippen LogP) is 4.23. The van der Waals surface area contributed by atoms with Gasteiger partial charge < -0.3 is 0 Å². The van der Waals surface area contributed by atoms with Crippen molar-refractivity contribution < 1.29 is 0 Å². The molecule has 0 amide bonds. The first kappa shape index (κ1) is 13.0. The molecule has 1 heteroatoms. The lowest BCUT2D eigenvalue weighted by Gasteiger charge is -2.16. The monoisotopic (exact) mass is 191 g/mol. The van der Waals surface area contributed by atoms with Crippen LogP contribution in [0.15, 0.2) is 23.3 Å². The molecule has 1 unspecified atom stereocenters. The summed E-state index contributed by atoms with van der Waals surface area (Å²) in [5, 5.41) is 9.12. The van der Waals surface area contributed by atoms with Gasteiger partial charge >= 0.3 is 0 Å². The van der Waals surface area contributed by atoms with Gasteiger partial charge in [0.15, 0.2) is 0 Å². The van der Waals surface area contributed by atoms with Crippen LogP contribution in [0.1, 0.15) is 47.5 Å². The first-order valence-electron chi connectivity index (χ1n) is 5.16. The van der Waals surface area contributed by atoms with E-state index < -0.39 is 0 Å². The lowest BCUT2D eigenvalue weighted by Crippen LogP contribution is -2.09. The Bertz CT molecular complexity index is 274. The lowest BCUT2D eigenvalue weighted by molar-refractivity contribution is 0.570. The van der Waals surface area contributed by atoms with E-state index >= 15 is 0 Å². The van der Waals surface area contributed by atoms with E-state index in [0.29, 0.717) is 0 Å². The van der Waals surface area contributed by atoms with Gasteiger partial charge in [-0.25, -0.2) is 0 Å². The Morgan fingerprint density at radius 1 is 1.36 bits per heavy atom. The van der Waals surface area contributed by atoms with Crippen LogP contribution >= 0.6 is 0 Å². The number of nitriles is 1. The third kappa shape index (κ3) is 4.87. The summed E-state index contributed by atoms with van der Waals surface area (Å²) in [6, 6.07) is 2.38. The zero-order chi connectivity index (χ0) is 11.2. The van der Waals surface area contributed by atoms with Gasteiger partial charge in [0.25, 0.3) is 0 Å². The fourth-order valence-electron chi connectivity index (χ4n) is 1.20. The van der Waals surface area contributed by atoms with Crippen LogP contribution in [0, 0.1) is 16.7 Å². The smallest absolute Gasteiger partial charge is 0.0762 e. The molecule has 0 spiro atoms. The van der Waals surface area contributed by atoms with Crippen molar-refractivity contribution >= 4 is 0 Å². The Labute approximate surface area is 88.1 Å². The number of hydrogen-bond donors (Lipinski definition) is 0. The summed E-state index contributed by atoms with van der Waals surface area (Å²) in [5.74, 6) is 0. The largest absolute Gasteiger partial charge is 0.197 e. The van der Waals surface area contributed by atoms with Crippen LogP contribution in [0.2, 0.25) is 0 Å². The minimum Gasteiger partial charge on any atom is -0.197 e. The van der Waals surface area contributed by atoms with Crippen molar-refractivity contribution in [2.24, 2.45) is 5.41 Å². The van der Waals surface area contributed by atoms with E-state index in [2.05, 4.69) is 45.9 Å². The molecule has 0 fully saturated rings. The number of rotatable bonds is 4. The summed E-state index contributed by atoms with van der Waals surface area (Å²) in [5.41, 5.74) is 2.22. The summed E-state index contributed by atoms with van der Waals surface area (Å²) in [6.45, 7) is 10.3. The Kier molecular flexibility index (Phi) is 5.23. The molecule has 0 saturated heterocycles. The Morgan fingerprint density at radius 2 is 1.93 bits per heavy atom. The number of hydrogen-bond acceptors (Lipinski definition) is 1. The predicted molar refractivity (Wildman–Crippen MR) is 61.8 cm³/mol. The normalized spacial score (nSPS) is 15.6. The van der Waals surface area contributed by atoms with Crippen LogP contribution < -0.4 is 0 Å². The molecule has 14 heavy (non-hydrogen) atoms. The van der Waals surface area contributed by atoms with Crippen LogP contribution in [0.3, 0.4) is 0 Å². The van der Waals surface area contributed by atoms with E-state index in [-0.39, 0.29) is 5.41 Å². The van der Waals surface area contributed by atoms with Gasteiger partial charge in [-0.1, -0.05) is 30.2 Å². The molecule has 0 heterocycles. The third-order valence-electron chi connectivity index (χ3n) is 2.31. The highest BCUT2D eigenvalue weighted by molar-refractivity contribution is 5.17. The highest BCUT2D eigenvalue weighted by Crippen LogP contribution is 2.25. The van der Waals surface area contributed by atoms with Crippen LogP contribution in [0.25, 0.3) is 0 Å². The summed E-state index contributed by atoms with van der Waals surface area (Å²) in [4.78, 5) is 0. The van der Waals surface area contributed by atoms with Crippen molar-refractivity contribution in [2.75, 3.05) is 0 Å². The fraction of sp³-hybridized carbons (Fsp3) is 0.615. The van der Waals surface area contributed by atoms with E-state index in [1.807, 2.05) is 6.92 Å². The van der Waals surface area contributed by atoms with E-state index in [4.69, 9.17) is 5.26 Å². The molecular weight excluding hydrogens is 170 g/mol. The summed E-state index contributed by atoms with van der Waals surface area (Å²) < 4.78 is 0. The molecular formula is C13H21N. The molecule has 0 N–H and O–H groups in total. The van der Waals surface area contributed by atoms with Crippen molar-refractivity contribution in [3.05, 3.63) is 23.3 Å². The van der Waals surface area contributed by atoms with E-state index in [1.165, 1.54) is 11.1 Å². The van der Waals surface area contributed by atoms with E-state index in [0.717, 1.165) is 12.8 Å². The second kappa shape index (κ2) is 5.65. The topological polar surface area (TPSA) is 23.8 Å². The Hall–Kier alpha value is -1.03. The van der Waals surface area contributed by atoms with Crippen molar-refractivity contribution in [3.63, 3.8) is 0 Å². The van der Waals surface area contributed by atoms with Gasteiger partial charge in [-0.05, 0) is 40.5 Å². The van der Waals surface area contributed by atoms with Gasteiger partial charge in [0.05, 0.1) is 11.5 Å². The lowest BCUT2D eigenvalue weighted by atomic mass is 9.85. The van der Waals surface area contributed by atoms with E-state index in [9.17, 15) is 0 Å². The van der Waals surface area contributed by atoms with Crippen LogP contribution in [-0.2, 0) is 0 Å². The Morgan fingerprint density at radius 3 is 2.29 bits per heavy atom. The highest BCUT2D eigenvalue weighted by atomic mass is 14.3. The van der Waals surface area contributed by atoms with Gasteiger partial charge in [-0.15, -0.1) is 0 Å². The second-order valence-electron chi connectivity index (χ2n) is 4.36. The average molecular weight is 191 g/mol. The van der Waals surface area contributed by atoms with Crippen molar-refractivity contribution in [1.82, 2.24) is 0 Å². The zero-order valence-electron chi connectivity index (χ0n) is 10.0. The molecule has 0 rings (SSSR count). The third-order valence-corrected chi connectivity index (χ3v) is 2.31. The summed E-state index contributed by atoms with van der Waals surface area (Å²) in [6.07, 6.45) is 6.05. The summed E-state index contributed by atoms with van der Waals surface area (Å²) in [7, 11) is 0. The van der Waals surface area contributed by atoms with Gasteiger partial charge in [-0.2, -0.15) is 5.26 Å². The van der Waals surface area contributed by atoms with Crippen molar-refractivity contribution in [2.45, 2.75) is 47.5 Å². The van der Waals surface area contributed by atoms with Crippen molar-refractivity contribution in [1.29, 1.82) is 5.26 Å². The molecule has 0 aromatic heterocycles. The maximum atomic E-state index is 9.12. The van der Waals surface area contributed by atoms with Gasteiger partial charge in [0, 0.05) is 0 Å².